The van der Waals surface area contributed by atoms with Crippen molar-refractivity contribution < 1.29 is 9.90 Å². The van der Waals surface area contributed by atoms with Gasteiger partial charge < -0.3 is 10.8 Å². The van der Waals surface area contributed by atoms with E-state index in [0.717, 1.165) is 0 Å². The Kier molecular flexibility index (Phi) is 3.05. The SMILES string of the molecule is CC(C)C(C(=O)O)C(C)(C)N. The van der Waals surface area contributed by atoms with Crippen LogP contribution in [0.1, 0.15) is 27.7 Å². The molecule has 3 heteroatoms. The van der Waals surface area contributed by atoms with Gasteiger partial charge in [-0.05, 0) is 19.8 Å². The summed E-state index contributed by atoms with van der Waals surface area (Å²) in [5.74, 6) is -1.21. The molecule has 0 rings (SSSR count). The topological polar surface area (TPSA) is 63.3 Å². The van der Waals surface area contributed by atoms with Gasteiger partial charge in [0.25, 0.3) is 0 Å². The van der Waals surface area contributed by atoms with Crippen LogP contribution in [-0.2, 0) is 4.79 Å². The average molecular weight is 159 g/mol. The first-order valence-electron chi connectivity index (χ1n) is 3.78. The molecule has 0 aromatic carbocycles. The van der Waals surface area contributed by atoms with Crippen molar-refractivity contribution in [1.82, 2.24) is 0 Å². The molecule has 3 nitrogen and oxygen atoms in total. The third-order valence-corrected chi connectivity index (χ3v) is 1.73. The highest BCUT2D eigenvalue weighted by atomic mass is 16.4. The first-order valence-corrected chi connectivity index (χ1v) is 3.78. The van der Waals surface area contributed by atoms with Gasteiger partial charge in [-0.3, -0.25) is 4.79 Å². The second kappa shape index (κ2) is 3.22. The number of carboxylic acid groups (broad SMARTS) is 1. The van der Waals surface area contributed by atoms with E-state index in [1.54, 1.807) is 13.8 Å². The quantitative estimate of drug-likeness (QED) is 0.647. The van der Waals surface area contributed by atoms with E-state index < -0.39 is 17.4 Å². The monoisotopic (exact) mass is 159 g/mol. The summed E-state index contributed by atoms with van der Waals surface area (Å²) in [7, 11) is 0. The smallest absolute Gasteiger partial charge is 0.308 e. The zero-order chi connectivity index (χ0) is 9.23. The highest BCUT2D eigenvalue weighted by Gasteiger charge is 2.34. The Morgan fingerprint density at radius 3 is 1.82 bits per heavy atom. The minimum Gasteiger partial charge on any atom is -0.481 e. The van der Waals surface area contributed by atoms with E-state index in [1.807, 2.05) is 13.8 Å². The molecule has 0 heterocycles. The van der Waals surface area contributed by atoms with Crippen LogP contribution in [0.3, 0.4) is 0 Å². The molecule has 0 aliphatic rings. The van der Waals surface area contributed by atoms with Gasteiger partial charge in [-0.2, -0.15) is 0 Å². The molecule has 0 aliphatic heterocycles. The Bertz CT molecular complexity index is 147. The fraction of sp³-hybridized carbons (Fsp3) is 0.875. The van der Waals surface area contributed by atoms with Crippen LogP contribution in [0.15, 0.2) is 0 Å². The number of rotatable bonds is 3. The highest BCUT2D eigenvalue weighted by molar-refractivity contribution is 5.71. The van der Waals surface area contributed by atoms with Gasteiger partial charge in [0.2, 0.25) is 0 Å². The normalized spacial score (nSPS) is 15.1. The van der Waals surface area contributed by atoms with Gasteiger partial charge in [-0.15, -0.1) is 0 Å². The molecular weight excluding hydrogens is 142 g/mol. The molecule has 0 aromatic rings. The lowest BCUT2D eigenvalue weighted by molar-refractivity contribution is -0.145. The Balaban J connectivity index is 4.49. The number of nitrogens with two attached hydrogens (primary N) is 1. The lowest BCUT2D eigenvalue weighted by Crippen LogP contribution is -2.47. The van der Waals surface area contributed by atoms with Gasteiger partial charge in [-0.1, -0.05) is 13.8 Å². The second-order valence-corrected chi connectivity index (χ2v) is 3.88. The summed E-state index contributed by atoms with van der Waals surface area (Å²) in [6.07, 6.45) is 0. The average Bonchev–Trinajstić information content (AvgIpc) is 1.54. The van der Waals surface area contributed by atoms with Crippen LogP contribution in [0, 0.1) is 11.8 Å². The number of aliphatic carboxylic acids is 1. The van der Waals surface area contributed by atoms with E-state index in [-0.39, 0.29) is 5.92 Å². The third-order valence-electron chi connectivity index (χ3n) is 1.73. The van der Waals surface area contributed by atoms with Crippen LogP contribution >= 0.6 is 0 Å². The molecule has 1 unspecified atom stereocenters. The molecule has 0 amide bonds. The molecule has 66 valence electrons. The van der Waals surface area contributed by atoms with Gasteiger partial charge in [0, 0.05) is 5.54 Å². The molecule has 0 aromatic heterocycles. The highest BCUT2D eigenvalue weighted by Crippen LogP contribution is 2.22. The van der Waals surface area contributed by atoms with E-state index in [2.05, 4.69) is 0 Å². The maximum atomic E-state index is 10.7. The summed E-state index contributed by atoms with van der Waals surface area (Å²) in [5, 5.41) is 8.80. The van der Waals surface area contributed by atoms with Crippen molar-refractivity contribution in [3.8, 4) is 0 Å². The molecule has 1 atom stereocenters. The van der Waals surface area contributed by atoms with Crippen molar-refractivity contribution in [2.24, 2.45) is 17.6 Å². The standard InChI is InChI=1S/C8H17NO2/c1-5(2)6(7(10)11)8(3,4)9/h5-6H,9H2,1-4H3,(H,10,11). The predicted molar refractivity (Wildman–Crippen MR) is 44.2 cm³/mol. The predicted octanol–water partition coefficient (Wildman–Crippen LogP) is 1.08. The summed E-state index contributed by atoms with van der Waals surface area (Å²) in [6.45, 7) is 7.22. The van der Waals surface area contributed by atoms with Crippen LogP contribution in [0.4, 0.5) is 0 Å². The van der Waals surface area contributed by atoms with Gasteiger partial charge in [0.05, 0.1) is 5.92 Å². The molecular formula is C8H17NO2. The maximum absolute atomic E-state index is 10.7. The fourth-order valence-corrected chi connectivity index (χ4v) is 1.46. The summed E-state index contributed by atoms with van der Waals surface area (Å²) in [6, 6.07) is 0. The zero-order valence-electron chi connectivity index (χ0n) is 7.59. The summed E-state index contributed by atoms with van der Waals surface area (Å²) < 4.78 is 0. The van der Waals surface area contributed by atoms with E-state index in [1.165, 1.54) is 0 Å². The van der Waals surface area contributed by atoms with Crippen molar-refractivity contribution in [3.63, 3.8) is 0 Å². The first-order chi connectivity index (χ1) is 4.76. The molecule has 0 spiro atoms. The van der Waals surface area contributed by atoms with Crippen molar-refractivity contribution in [2.45, 2.75) is 33.2 Å². The van der Waals surface area contributed by atoms with Crippen molar-refractivity contribution in [1.29, 1.82) is 0 Å². The molecule has 0 radical (unpaired) electrons. The number of hydrogen-bond donors (Lipinski definition) is 2. The minimum absolute atomic E-state index is 0.0764. The van der Waals surface area contributed by atoms with Gasteiger partial charge in [0.15, 0.2) is 0 Å². The summed E-state index contributed by atoms with van der Waals surface area (Å²) in [5.41, 5.74) is 5.06. The second-order valence-electron chi connectivity index (χ2n) is 3.88. The number of carboxylic acids is 1. The Morgan fingerprint density at radius 1 is 1.45 bits per heavy atom. The summed E-state index contributed by atoms with van der Waals surface area (Å²) >= 11 is 0. The van der Waals surface area contributed by atoms with Crippen molar-refractivity contribution in [2.75, 3.05) is 0 Å². The van der Waals surface area contributed by atoms with Crippen LogP contribution in [0.2, 0.25) is 0 Å². The van der Waals surface area contributed by atoms with Crippen LogP contribution in [0.25, 0.3) is 0 Å². The Hall–Kier alpha value is -0.570. The maximum Gasteiger partial charge on any atom is 0.308 e. The molecule has 0 fully saturated rings. The molecule has 11 heavy (non-hydrogen) atoms. The molecule has 0 aliphatic carbocycles. The van der Waals surface area contributed by atoms with E-state index in [4.69, 9.17) is 10.8 Å². The zero-order valence-corrected chi connectivity index (χ0v) is 7.59. The van der Waals surface area contributed by atoms with Gasteiger partial charge in [-0.25, -0.2) is 0 Å². The summed E-state index contributed by atoms with van der Waals surface area (Å²) in [4.78, 5) is 10.7. The van der Waals surface area contributed by atoms with Crippen molar-refractivity contribution in [3.05, 3.63) is 0 Å². The first kappa shape index (κ1) is 10.4. The fourth-order valence-electron chi connectivity index (χ4n) is 1.46. The number of hydrogen-bond acceptors (Lipinski definition) is 2. The lowest BCUT2D eigenvalue weighted by Gasteiger charge is -2.29. The Labute approximate surface area is 67.6 Å². The molecule has 0 bridgehead atoms. The molecule has 3 N–H and O–H groups in total. The van der Waals surface area contributed by atoms with E-state index >= 15 is 0 Å². The van der Waals surface area contributed by atoms with Crippen LogP contribution < -0.4 is 5.73 Å². The number of carbonyl (C=O) groups is 1. The van der Waals surface area contributed by atoms with Crippen molar-refractivity contribution >= 4 is 5.97 Å². The third kappa shape index (κ3) is 2.89. The van der Waals surface area contributed by atoms with Gasteiger partial charge >= 0.3 is 5.97 Å². The minimum atomic E-state index is -0.813. The Morgan fingerprint density at radius 2 is 1.82 bits per heavy atom. The lowest BCUT2D eigenvalue weighted by atomic mass is 9.80. The van der Waals surface area contributed by atoms with Gasteiger partial charge in [0.1, 0.15) is 0 Å². The van der Waals surface area contributed by atoms with Crippen LogP contribution in [-0.4, -0.2) is 16.6 Å². The largest absolute Gasteiger partial charge is 0.481 e. The van der Waals surface area contributed by atoms with E-state index in [0.29, 0.717) is 0 Å². The molecule has 0 saturated heterocycles. The van der Waals surface area contributed by atoms with E-state index in [9.17, 15) is 4.79 Å². The van der Waals surface area contributed by atoms with Crippen LogP contribution in [0.5, 0.6) is 0 Å². The molecule has 0 saturated carbocycles.